The van der Waals surface area contributed by atoms with Crippen molar-refractivity contribution >= 4 is 35.8 Å². The zero-order chi connectivity index (χ0) is 31.2. The molecule has 0 atom stereocenters. The molecule has 2 N–H and O–H groups in total. The van der Waals surface area contributed by atoms with Gasteiger partial charge >= 0.3 is 35.8 Å². The highest BCUT2D eigenvalue weighted by Gasteiger charge is 2.17. The summed E-state index contributed by atoms with van der Waals surface area (Å²) in [7, 11) is 0. The van der Waals surface area contributed by atoms with Crippen molar-refractivity contribution in [2.24, 2.45) is 0 Å². The first kappa shape index (κ1) is 32.1. The van der Waals surface area contributed by atoms with E-state index in [9.17, 15) is 28.8 Å². The molecule has 3 rings (SSSR count). The van der Waals surface area contributed by atoms with Gasteiger partial charge in [0.2, 0.25) is 0 Å². The molecule has 0 spiro atoms. The van der Waals surface area contributed by atoms with Gasteiger partial charge in [-0.1, -0.05) is 6.07 Å². The number of carbonyl (C=O) groups excluding carboxylic acids is 4. The van der Waals surface area contributed by atoms with E-state index in [0.717, 1.165) is 6.07 Å². The van der Waals surface area contributed by atoms with Gasteiger partial charge in [-0.15, -0.1) is 0 Å². The molecule has 0 amide bonds. The molecule has 3 aromatic carbocycles. The fourth-order valence-electron chi connectivity index (χ4n) is 3.35. The summed E-state index contributed by atoms with van der Waals surface area (Å²) in [6.07, 6.45) is 0. The van der Waals surface area contributed by atoms with Crippen LogP contribution in [0.15, 0.2) is 72.8 Å². The lowest BCUT2D eigenvalue weighted by Crippen LogP contribution is -2.15. The highest BCUT2D eigenvalue weighted by atomic mass is 16.6. The van der Waals surface area contributed by atoms with Gasteiger partial charge in [-0.25, -0.2) is 28.8 Å². The summed E-state index contributed by atoms with van der Waals surface area (Å²) in [5, 5.41) is 17.9. The minimum absolute atomic E-state index is 0.00761. The number of carboxylic acids is 2. The van der Waals surface area contributed by atoms with Crippen molar-refractivity contribution in [3.63, 3.8) is 0 Å². The Morgan fingerprint density at radius 3 is 1.28 bits per heavy atom. The first-order valence-corrected chi connectivity index (χ1v) is 12.7. The molecule has 0 heterocycles. The van der Waals surface area contributed by atoms with Gasteiger partial charge in [0.15, 0.2) is 0 Å². The van der Waals surface area contributed by atoms with Crippen LogP contribution in [0, 0.1) is 0 Å². The van der Waals surface area contributed by atoms with Crippen molar-refractivity contribution in [1.29, 1.82) is 0 Å². The van der Waals surface area contributed by atoms with E-state index in [-0.39, 0.29) is 73.0 Å². The predicted octanol–water partition coefficient (Wildman–Crippen LogP) is 3.13. The molecule has 0 saturated heterocycles. The van der Waals surface area contributed by atoms with Gasteiger partial charge in [0.25, 0.3) is 0 Å². The highest BCUT2D eigenvalue weighted by Crippen LogP contribution is 2.12. The van der Waals surface area contributed by atoms with Crippen molar-refractivity contribution in [2.75, 3.05) is 39.6 Å². The molecule has 0 aliphatic heterocycles. The molecule has 0 aliphatic carbocycles. The molecule has 13 nitrogen and oxygen atoms in total. The maximum Gasteiger partial charge on any atom is 0.346 e. The molecule has 43 heavy (non-hydrogen) atoms. The van der Waals surface area contributed by atoms with Gasteiger partial charge in [0.05, 0.1) is 59.8 Å². The van der Waals surface area contributed by atoms with Crippen LogP contribution >= 0.6 is 0 Å². The number of hydrogen-bond acceptors (Lipinski definition) is 11. The van der Waals surface area contributed by atoms with E-state index in [0.29, 0.717) is 0 Å². The second-order valence-electron chi connectivity index (χ2n) is 8.52. The number of carbonyl (C=O) groups is 6. The lowest BCUT2D eigenvalue weighted by Gasteiger charge is -2.08. The number of hydrogen-bond donors (Lipinski definition) is 2. The maximum atomic E-state index is 12.3. The first-order valence-electron chi connectivity index (χ1n) is 12.7. The van der Waals surface area contributed by atoms with Crippen molar-refractivity contribution in [3.8, 4) is 0 Å². The van der Waals surface area contributed by atoms with Crippen LogP contribution in [0.1, 0.15) is 62.1 Å². The Bertz CT molecular complexity index is 1460. The zero-order valence-electron chi connectivity index (χ0n) is 22.6. The van der Waals surface area contributed by atoms with Crippen LogP contribution in [0.4, 0.5) is 0 Å². The molecule has 3 aromatic rings. The Morgan fingerprint density at radius 2 is 0.814 bits per heavy atom. The standard InChI is InChI=1S/C30H26O13/c31-25(32)19-4-6-20(7-5-19)27(35)41-16-14-39-12-13-40-15-17-42-28(36)21-8-10-22(11-9-21)29(37)43-30(38)24-3-1-2-23(18-24)26(33)34/h1-11,18H,12-17H2,(H,31,32)(H,33,34). The Kier molecular flexibility index (Phi) is 12.1. The summed E-state index contributed by atoms with van der Waals surface area (Å²) >= 11 is 0. The summed E-state index contributed by atoms with van der Waals surface area (Å²) in [5.41, 5.74) is 0.177. The van der Waals surface area contributed by atoms with Crippen molar-refractivity contribution in [3.05, 3.63) is 106 Å². The van der Waals surface area contributed by atoms with Gasteiger partial charge < -0.3 is 33.9 Å². The number of carboxylic acid groups (broad SMARTS) is 2. The molecular weight excluding hydrogens is 568 g/mol. The second-order valence-corrected chi connectivity index (χ2v) is 8.52. The van der Waals surface area contributed by atoms with E-state index in [1.54, 1.807) is 0 Å². The predicted molar refractivity (Wildman–Crippen MR) is 145 cm³/mol. The average molecular weight is 595 g/mol. The fourth-order valence-corrected chi connectivity index (χ4v) is 3.35. The zero-order valence-corrected chi connectivity index (χ0v) is 22.6. The Morgan fingerprint density at radius 1 is 0.442 bits per heavy atom. The van der Waals surface area contributed by atoms with Crippen molar-refractivity contribution in [2.45, 2.75) is 0 Å². The fraction of sp³-hybridized carbons (Fsp3) is 0.200. The van der Waals surface area contributed by atoms with Crippen LogP contribution in [-0.2, 0) is 23.7 Å². The van der Waals surface area contributed by atoms with Gasteiger partial charge in [0.1, 0.15) is 13.2 Å². The average Bonchev–Trinajstić information content (AvgIpc) is 3.01. The number of ether oxygens (including phenoxy) is 5. The van der Waals surface area contributed by atoms with Crippen LogP contribution in [0.25, 0.3) is 0 Å². The Labute approximate surface area is 244 Å². The topological polar surface area (TPSA) is 189 Å². The van der Waals surface area contributed by atoms with E-state index >= 15 is 0 Å². The van der Waals surface area contributed by atoms with Crippen LogP contribution < -0.4 is 0 Å². The normalized spacial score (nSPS) is 10.4. The van der Waals surface area contributed by atoms with Gasteiger partial charge in [-0.05, 0) is 66.7 Å². The monoisotopic (exact) mass is 594 g/mol. The van der Waals surface area contributed by atoms with E-state index in [2.05, 4.69) is 0 Å². The summed E-state index contributed by atoms with van der Waals surface area (Å²) in [6, 6.07) is 15.6. The van der Waals surface area contributed by atoms with Gasteiger partial charge in [0, 0.05) is 0 Å². The second kappa shape index (κ2) is 16.1. The molecule has 13 heteroatoms. The Balaban J connectivity index is 1.27. The molecule has 0 unspecified atom stereocenters. The summed E-state index contributed by atoms with van der Waals surface area (Å²) in [5.74, 6) is -5.60. The third-order valence-corrected chi connectivity index (χ3v) is 5.55. The third-order valence-electron chi connectivity index (χ3n) is 5.55. The number of aromatic carboxylic acids is 2. The van der Waals surface area contributed by atoms with Crippen LogP contribution in [0.3, 0.4) is 0 Å². The molecule has 0 aliphatic rings. The lowest BCUT2D eigenvalue weighted by molar-refractivity contribution is 0.00229. The maximum absolute atomic E-state index is 12.3. The summed E-state index contributed by atoms with van der Waals surface area (Å²) in [4.78, 5) is 70.4. The minimum atomic E-state index is -1.23. The lowest BCUT2D eigenvalue weighted by atomic mass is 10.1. The van der Waals surface area contributed by atoms with Crippen molar-refractivity contribution < 1.29 is 62.7 Å². The van der Waals surface area contributed by atoms with Gasteiger partial charge in [-0.2, -0.15) is 0 Å². The summed E-state index contributed by atoms with van der Waals surface area (Å²) in [6.45, 7) is 0.538. The largest absolute Gasteiger partial charge is 0.478 e. The number of esters is 4. The minimum Gasteiger partial charge on any atom is -0.478 e. The molecule has 0 radical (unpaired) electrons. The van der Waals surface area contributed by atoms with Crippen LogP contribution in [0.5, 0.6) is 0 Å². The molecule has 224 valence electrons. The first-order chi connectivity index (χ1) is 20.7. The van der Waals surface area contributed by atoms with Crippen LogP contribution in [0.2, 0.25) is 0 Å². The smallest absolute Gasteiger partial charge is 0.346 e. The molecular formula is C30H26O13. The summed E-state index contributed by atoms with van der Waals surface area (Å²) < 4.78 is 25.5. The van der Waals surface area contributed by atoms with Gasteiger partial charge in [-0.3, -0.25) is 0 Å². The molecule has 0 aromatic heterocycles. The van der Waals surface area contributed by atoms with E-state index < -0.39 is 35.8 Å². The number of rotatable bonds is 15. The van der Waals surface area contributed by atoms with E-state index in [1.807, 2.05) is 0 Å². The van der Waals surface area contributed by atoms with E-state index in [4.69, 9.17) is 33.9 Å². The van der Waals surface area contributed by atoms with Crippen molar-refractivity contribution in [1.82, 2.24) is 0 Å². The SMILES string of the molecule is O=C(O)c1ccc(C(=O)OCCOCCOCCOC(=O)c2ccc(C(=O)OC(=O)c3cccc(C(=O)O)c3)cc2)cc1. The Hall–Kier alpha value is -5.40. The van der Waals surface area contributed by atoms with E-state index in [1.165, 1.54) is 66.7 Å². The quantitative estimate of drug-likeness (QED) is 0.113. The number of benzene rings is 3. The van der Waals surface area contributed by atoms with Crippen LogP contribution in [-0.4, -0.2) is 85.7 Å². The molecule has 0 bridgehead atoms. The third kappa shape index (κ3) is 10.2. The highest BCUT2D eigenvalue weighted by molar-refractivity contribution is 6.04. The molecule has 0 saturated carbocycles. The molecule has 0 fully saturated rings.